The highest BCUT2D eigenvalue weighted by molar-refractivity contribution is 8.44. The highest BCUT2D eigenvalue weighted by atomic mass is 32.7. The van der Waals surface area contributed by atoms with E-state index >= 15 is 0 Å². The highest BCUT2D eigenvalue weighted by Gasteiger charge is 2.56. The number of fused-ring (bicyclic) bond motifs is 2. The van der Waals surface area contributed by atoms with Crippen molar-refractivity contribution in [1.82, 2.24) is 33.5 Å². The van der Waals surface area contributed by atoms with Crippen molar-refractivity contribution >= 4 is 41.8 Å². The van der Waals surface area contributed by atoms with Crippen LogP contribution in [-0.2, 0) is 34.5 Å². The maximum Gasteiger partial charge on any atom is 0.388 e. The highest BCUT2D eigenvalue weighted by Crippen LogP contribution is 2.59. The molecular weight excluding hydrogens is 587 g/mol. The number of rotatable bonds is 8. The second-order valence-corrected chi connectivity index (χ2v) is 12.4. The number of ether oxygens (including phenoxy) is 2. The zero-order valence-electron chi connectivity index (χ0n) is 20.9. The van der Waals surface area contributed by atoms with Gasteiger partial charge in [0.1, 0.15) is 36.3 Å². The molecular formula is C21H25N8O10PS. The molecule has 4 aromatic rings. The number of thiol groups is 1. The third-order valence-electron chi connectivity index (χ3n) is 7.14. The van der Waals surface area contributed by atoms with Gasteiger partial charge in [0.15, 0.2) is 17.2 Å². The minimum absolute atomic E-state index is 0.0173. The van der Waals surface area contributed by atoms with Gasteiger partial charge in [-0.05, 0) is 0 Å². The number of nitrogens with zero attached hydrogens (tertiary/aromatic N) is 7. The van der Waals surface area contributed by atoms with Crippen LogP contribution in [0.15, 0.2) is 42.1 Å². The lowest BCUT2D eigenvalue weighted by molar-refractivity contribution is -0.111. The number of nitrogens with two attached hydrogens (primary N) is 1. The minimum atomic E-state index is -4.44. The van der Waals surface area contributed by atoms with Crippen molar-refractivity contribution in [3.8, 4) is 0 Å². The Morgan fingerprint density at radius 1 is 1.12 bits per heavy atom. The van der Waals surface area contributed by atoms with E-state index in [-0.39, 0.29) is 22.8 Å². The van der Waals surface area contributed by atoms with Crippen molar-refractivity contribution in [1.29, 1.82) is 0 Å². The van der Waals surface area contributed by atoms with Gasteiger partial charge in [-0.3, -0.25) is 27.4 Å². The van der Waals surface area contributed by atoms with Gasteiger partial charge in [-0.2, -0.15) is 0 Å². The van der Waals surface area contributed by atoms with Gasteiger partial charge in [0.2, 0.25) is 11.5 Å². The van der Waals surface area contributed by atoms with E-state index in [4.69, 9.17) is 24.3 Å². The first-order chi connectivity index (χ1) is 19.5. The molecule has 2 aliphatic heterocycles. The van der Waals surface area contributed by atoms with Crippen LogP contribution in [0.2, 0.25) is 0 Å². The predicted octanol–water partition coefficient (Wildman–Crippen LogP) is -2.20. The number of hydrogen-bond donors (Lipinski definition) is 6. The molecule has 2 aliphatic rings. The zero-order valence-corrected chi connectivity index (χ0v) is 22.7. The second-order valence-electron chi connectivity index (χ2n) is 9.52. The zero-order chi connectivity index (χ0) is 29.2. The molecule has 20 heteroatoms. The first-order valence-electron chi connectivity index (χ1n) is 12.1. The van der Waals surface area contributed by atoms with Crippen LogP contribution in [0.3, 0.4) is 0 Å². The van der Waals surface area contributed by atoms with Gasteiger partial charge in [-0.1, -0.05) is 12.2 Å². The molecule has 2 saturated heterocycles. The second kappa shape index (κ2) is 10.1. The van der Waals surface area contributed by atoms with Crippen LogP contribution in [-0.4, -0.2) is 105 Å². The average molecular weight is 613 g/mol. The van der Waals surface area contributed by atoms with Crippen LogP contribution in [0.5, 0.6) is 0 Å². The molecule has 6 rings (SSSR count). The van der Waals surface area contributed by atoms with E-state index in [0.29, 0.717) is 0 Å². The summed E-state index contributed by atoms with van der Waals surface area (Å²) in [6.45, 7) is -6.46. The number of nitrogen functional groups attached to an aromatic ring is 1. The van der Waals surface area contributed by atoms with Gasteiger partial charge in [0.05, 0.1) is 32.8 Å². The lowest BCUT2D eigenvalue weighted by Crippen LogP contribution is -2.49. The van der Waals surface area contributed by atoms with E-state index in [2.05, 4.69) is 32.2 Å². The summed E-state index contributed by atoms with van der Waals surface area (Å²) in [5.74, 6) is 0.0910. The van der Waals surface area contributed by atoms with E-state index in [0.717, 1.165) is 4.40 Å². The molecule has 0 aliphatic carbocycles. The molecule has 7 atom stereocenters. The predicted molar refractivity (Wildman–Crippen MR) is 140 cm³/mol. The third-order valence-corrected chi connectivity index (χ3v) is 8.75. The molecule has 41 heavy (non-hydrogen) atoms. The normalized spacial score (nSPS) is 31.7. The Hall–Kier alpha value is -2.97. The lowest BCUT2D eigenvalue weighted by Gasteiger charge is -2.35. The van der Waals surface area contributed by atoms with E-state index in [1.54, 1.807) is 0 Å². The third kappa shape index (κ3) is 4.45. The van der Waals surface area contributed by atoms with Gasteiger partial charge in [-0.15, -0.1) is 0 Å². The summed E-state index contributed by atoms with van der Waals surface area (Å²) in [6, 6.07) is 1.17. The lowest BCUT2D eigenvalue weighted by atomic mass is 10.1. The maximum absolute atomic E-state index is 13.5. The molecule has 2 fully saturated rings. The fourth-order valence-corrected chi connectivity index (χ4v) is 6.65. The Bertz CT molecular complexity index is 1720. The number of aliphatic hydroxyl groups excluding tert-OH is 3. The van der Waals surface area contributed by atoms with Gasteiger partial charge in [0, 0.05) is 24.7 Å². The van der Waals surface area contributed by atoms with Gasteiger partial charge >= 0.3 is 6.80 Å². The van der Waals surface area contributed by atoms with Gasteiger partial charge < -0.3 is 35.6 Å². The number of imidazole rings is 2. The van der Waals surface area contributed by atoms with Crippen LogP contribution in [0.1, 0.15) is 0 Å². The molecule has 0 aromatic carbocycles. The molecule has 0 amide bonds. The summed E-state index contributed by atoms with van der Waals surface area (Å²) < 4.78 is 39.4. The first-order valence-corrected chi connectivity index (χ1v) is 14.8. The minimum Gasteiger partial charge on any atom is -0.394 e. The maximum atomic E-state index is 13.5. The van der Waals surface area contributed by atoms with Crippen LogP contribution >= 0.6 is 19.0 Å². The van der Waals surface area contributed by atoms with Crippen molar-refractivity contribution < 1.29 is 43.5 Å². The number of hydrogen-bond acceptors (Lipinski definition) is 15. The largest absolute Gasteiger partial charge is 0.394 e. The smallest absolute Gasteiger partial charge is 0.388 e. The molecule has 6 N–H and O–H groups in total. The summed E-state index contributed by atoms with van der Waals surface area (Å²) in [5.41, 5.74) is 1.69. The molecule has 18 nitrogen and oxygen atoms in total. The van der Waals surface area contributed by atoms with Crippen molar-refractivity contribution in [2.24, 2.45) is 0 Å². The van der Waals surface area contributed by atoms with Crippen molar-refractivity contribution in [2.45, 2.75) is 35.9 Å². The Labute approximate surface area is 234 Å². The SMILES string of the molecule is Nc1ncnc2c1ncn2[C@@]1(O)CO[C@H](CO[P@@](=O)(S)O[C@@]2(n3ccc(=O)n4ccnc34)CO[C@H](CO)[C@H]2O)[C@H]1O. The summed E-state index contributed by atoms with van der Waals surface area (Å²) >= 11 is 4.06. The number of aromatic nitrogens is 7. The van der Waals surface area contributed by atoms with Crippen LogP contribution in [0.4, 0.5) is 5.82 Å². The van der Waals surface area contributed by atoms with Crippen LogP contribution in [0.25, 0.3) is 16.9 Å². The molecule has 4 aromatic heterocycles. The first kappa shape index (κ1) is 28.2. The van der Waals surface area contributed by atoms with E-state index in [1.165, 1.54) is 46.4 Å². The van der Waals surface area contributed by atoms with Gasteiger partial charge in [0.25, 0.3) is 5.56 Å². The Morgan fingerprint density at radius 3 is 2.66 bits per heavy atom. The van der Waals surface area contributed by atoms with E-state index in [9.17, 15) is 29.8 Å². The fraction of sp³-hybridized carbons (Fsp3) is 0.476. The molecule has 0 radical (unpaired) electrons. The molecule has 0 saturated carbocycles. The van der Waals surface area contributed by atoms with E-state index < -0.39 is 74.7 Å². The van der Waals surface area contributed by atoms with Crippen molar-refractivity contribution in [3.63, 3.8) is 0 Å². The van der Waals surface area contributed by atoms with Crippen molar-refractivity contribution in [2.75, 3.05) is 32.2 Å². The summed E-state index contributed by atoms with van der Waals surface area (Å²) in [7, 11) is 0. The molecule has 220 valence electrons. The summed E-state index contributed by atoms with van der Waals surface area (Å²) in [4.78, 5) is 28.4. The Kier molecular flexibility index (Phi) is 6.93. The van der Waals surface area contributed by atoms with Gasteiger partial charge in [-0.25, -0.2) is 24.5 Å². The Morgan fingerprint density at radius 2 is 1.90 bits per heavy atom. The van der Waals surface area contributed by atoms with E-state index in [1.807, 2.05) is 0 Å². The van der Waals surface area contributed by atoms with Crippen LogP contribution < -0.4 is 11.3 Å². The molecule has 0 unspecified atom stereocenters. The molecule has 0 bridgehead atoms. The van der Waals surface area contributed by atoms with Crippen molar-refractivity contribution in [3.05, 3.63) is 47.7 Å². The standard InChI is InChI=1S/C21H25N8O10PS/c22-17-14-18(25-9-24-17)29(10-26-14)20(34)7-36-12(15(20)32)6-38-40(35,41)39-21(8-37-11(5-30)16(21)33)28-3-1-13(31)27-4-2-23-19(27)28/h1-4,9-12,15-16,30,32-34H,5-8H2,(H,35,41)(H2,22,24,25)/t11-,12-,15-,16-,20-,21+,40-/m1/s1. The average Bonchev–Trinajstić information content (AvgIpc) is 3.72. The summed E-state index contributed by atoms with van der Waals surface area (Å²) in [6.07, 6.45) is 0.787. The monoisotopic (exact) mass is 612 g/mol. The fourth-order valence-electron chi connectivity index (χ4n) is 4.99. The molecule has 0 spiro atoms. The number of anilines is 1. The summed E-state index contributed by atoms with van der Waals surface area (Å²) in [5, 5.41) is 43.1. The quantitative estimate of drug-likeness (QED) is 0.0913. The topological polar surface area (TPSA) is 244 Å². The number of aliphatic hydroxyl groups is 4. The molecule has 6 heterocycles. The van der Waals surface area contributed by atoms with Crippen LogP contribution in [0, 0.1) is 0 Å². The Balaban J connectivity index is 1.24.